The second-order valence-corrected chi connectivity index (χ2v) is 6.38. The van der Waals surface area contributed by atoms with Gasteiger partial charge in [0.1, 0.15) is 11.2 Å². The van der Waals surface area contributed by atoms with E-state index in [1.807, 2.05) is 6.07 Å². The second kappa shape index (κ2) is 6.55. The number of carbonyl (C=O) groups is 2. The van der Waals surface area contributed by atoms with Crippen molar-refractivity contribution >= 4 is 23.4 Å². The zero-order valence-corrected chi connectivity index (χ0v) is 13.7. The first-order chi connectivity index (χ1) is 10.8. The van der Waals surface area contributed by atoms with Crippen molar-refractivity contribution in [2.24, 2.45) is 5.41 Å². The van der Waals surface area contributed by atoms with Crippen LogP contribution >= 0.6 is 11.6 Å². The zero-order valence-electron chi connectivity index (χ0n) is 13.0. The maximum atomic E-state index is 13.8. The number of carbonyl (C=O) groups excluding carboxylic acids is 2. The van der Waals surface area contributed by atoms with Crippen molar-refractivity contribution in [2.75, 3.05) is 26.2 Å². The van der Waals surface area contributed by atoms with Gasteiger partial charge in [0.25, 0.3) is 5.91 Å². The van der Waals surface area contributed by atoms with Crippen molar-refractivity contribution in [3.8, 4) is 6.07 Å². The number of nitriles is 1. The van der Waals surface area contributed by atoms with E-state index in [0.29, 0.717) is 18.1 Å². The zero-order chi connectivity index (χ0) is 17.2. The SMILES string of the molecule is CC(C)(C#N)C(=O)N1CCN(C(=O)c2cc(Cl)ccc2F)CC1. The largest absolute Gasteiger partial charge is 0.338 e. The Hall–Kier alpha value is -2.13. The van der Waals surface area contributed by atoms with Crippen molar-refractivity contribution < 1.29 is 14.0 Å². The first-order valence-electron chi connectivity index (χ1n) is 7.21. The number of nitrogens with zero attached hydrogens (tertiary/aromatic N) is 3. The molecule has 0 aromatic heterocycles. The van der Waals surface area contributed by atoms with E-state index in [9.17, 15) is 14.0 Å². The molecule has 23 heavy (non-hydrogen) atoms. The third-order valence-electron chi connectivity index (χ3n) is 3.83. The molecule has 1 aromatic carbocycles. The summed E-state index contributed by atoms with van der Waals surface area (Å²) in [6.45, 7) is 4.34. The smallest absolute Gasteiger partial charge is 0.257 e. The summed E-state index contributed by atoms with van der Waals surface area (Å²) in [7, 11) is 0. The monoisotopic (exact) mass is 337 g/mol. The van der Waals surface area contributed by atoms with E-state index in [-0.39, 0.29) is 24.6 Å². The molecule has 1 saturated heterocycles. The topological polar surface area (TPSA) is 64.4 Å². The molecule has 0 saturated carbocycles. The van der Waals surface area contributed by atoms with Gasteiger partial charge in [0, 0.05) is 31.2 Å². The molecular formula is C16H17ClFN3O2. The van der Waals surface area contributed by atoms with Crippen LogP contribution in [0.3, 0.4) is 0 Å². The van der Waals surface area contributed by atoms with Gasteiger partial charge in [-0.25, -0.2) is 4.39 Å². The summed E-state index contributed by atoms with van der Waals surface area (Å²) in [5, 5.41) is 9.32. The van der Waals surface area contributed by atoms with Crippen molar-refractivity contribution in [3.63, 3.8) is 0 Å². The summed E-state index contributed by atoms with van der Waals surface area (Å²) in [6.07, 6.45) is 0. The van der Waals surface area contributed by atoms with Gasteiger partial charge in [-0.15, -0.1) is 0 Å². The van der Waals surface area contributed by atoms with Gasteiger partial charge >= 0.3 is 0 Å². The number of rotatable bonds is 2. The molecule has 1 aliphatic heterocycles. The van der Waals surface area contributed by atoms with E-state index in [2.05, 4.69) is 0 Å². The van der Waals surface area contributed by atoms with Crippen LogP contribution in [0.1, 0.15) is 24.2 Å². The van der Waals surface area contributed by atoms with Gasteiger partial charge in [-0.05, 0) is 32.0 Å². The Balaban J connectivity index is 2.05. The van der Waals surface area contributed by atoms with Crippen LogP contribution in [-0.4, -0.2) is 47.8 Å². The van der Waals surface area contributed by atoms with Crippen molar-refractivity contribution in [2.45, 2.75) is 13.8 Å². The second-order valence-electron chi connectivity index (χ2n) is 5.95. The first kappa shape index (κ1) is 17.2. The molecule has 0 spiro atoms. The highest BCUT2D eigenvalue weighted by Gasteiger charge is 2.34. The average Bonchev–Trinajstić information content (AvgIpc) is 2.55. The van der Waals surface area contributed by atoms with Crippen LogP contribution < -0.4 is 0 Å². The molecule has 0 unspecified atom stereocenters. The predicted octanol–water partition coefficient (Wildman–Crippen LogP) is 2.31. The molecule has 1 aromatic rings. The fourth-order valence-corrected chi connectivity index (χ4v) is 2.56. The van der Waals surface area contributed by atoms with E-state index in [4.69, 9.17) is 16.9 Å². The highest BCUT2D eigenvalue weighted by Crippen LogP contribution is 2.21. The lowest BCUT2D eigenvalue weighted by molar-refractivity contribution is -0.139. The minimum absolute atomic E-state index is 0.0744. The normalized spacial score (nSPS) is 15.3. The maximum Gasteiger partial charge on any atom is 0.257 e. The van der Waals surface area contributed by atoms with Crippen LogP contribution in [0.15, 0.2) is 18.2 Å². The van der Waals surface area contributed by atoms with Crippen LogP contribution in [-0.2, 0) is 4.79 Å². The van der Waals surface area contributed by atoms with Gasteiger partial charge in [0.05, 0.1) is 11.6 Å². The van der Waals surface area contributed by atoms with Crippen LogP contribution in [0.4, 0.5) is 4.39 Å². The number of hydrogen-bond donors (Lipinski definition) is 0. The Morgan fingerprint density at radius 2 is 1.78 bits per heavy atom. The van der Waals surface area contributed by atoms with Crippen LogP contribution in [0.25, 0.3) is 0 Å². The van der Waals surface area contributed by atoms with E-state index in [1.54, 1.807) is 18.7 Å². The van der Waals surface area contributed by atoms with Crippen LogP contribution in [0, 0.1) is 22.6 Å². The standard InChI is InChI=1S/C16H17ClFN3O2/c1-16(2,10-19)15(23)21-7-5-20(6-8-21)14(22)12-9-11(17)3-4-13(12)18/h3-4,9H,5-8H2,1-2H3. The molecule has 2 rings (SSSR count). The molecule has 2 amide bonds. The molecule has 0 N–H and O–H groups in total. The van der Waals surface area contributed by atoms with Gasteiger partial charge in [-0.1, -0.05) is 11.6 Å². The van der Waals surface area contributed by atoms with Crippen molar-refractivity contribution in [1.29, 1.82) is 5.26 Å². The Labute approximate surface area is 139 Å². The predicted molar refractivity (Wildman–Crippen MR) is 83.3 cm³/mol. The van der Waals surface area contributed by atoms with Crippen LogP contribution in [0.2, 0.25) is 5.02 Å². The highest BCUT2D eigenvalue weighted by atomic mass is 35.5. The van der Waals surface area contributed by atoms with Gasteiger partial charge in [-0.2, -0.15) is 5.26 Å². The minimum Gasteiger partial charge on any atom is -0.338 e. The fraction of sp³-hybridized carbons (Fsp3) is 0.438. The third-order valence-corrected chi connectivity index (χ3v) is 4.06. The lowest BCUT2D eigenvalue weighted by Crippen LogP contribution is -2.53. The molecule has 5 nitrogen and oxygen atoms in total. The Kier molecular flexibility index (Phi) is 4.90. The quantitative estimate of drug-likeness (QED) is 0.832. The first-order valence-corrected chi connectivity index (χ1v) is 7.59. The number of piperazine rings is 1. The molecule has 0 atom stereocenters. The summed E-state index contributed by atoms with van der Waals surface area (Å²) in [5.74, 6) is -1.33. The van der Waals surface area contributed by atoms with Gasteiger partial charge in [0.2, 0.25) is 5.91 Å². The lowest BCUT2D eigenvalue weighted by atomic mass is 9.93. The molecule has 0 aliphatic carbocycles. The maximum absolute atomic E-state index is 13.8. The summed E-state index contributed by atoms with van der Waals surface area (Å²) in [5.41, 5.74) is -1.17. The van der Waals surface area contributed by atoms with Crippen molar-refractivity contribution in [3.05, 3.63) is 34.6 Å². The van der Waals surface area contributed by atoms with E-state index >= 15 is 0 Å². The molecule has 0 bridgehead atoms. The average molecular weight is 338 g/mol. The summed E-state index contributed by atoms with van der Waals surface area (Å²) in [4.78, 5) is 27.6. The summed E-state index contributed by atoms with van der Waals surface area (Å²) >= 11 is 5.81. The number of amides is 2. The Morgan fingerprint density at radius 1 is 1.22 bits per heavy atom. The van der Waals surface area contributed by atoms with Crippen LogP contribution in [0.5, 0.6) is 0 Å². The molecule has 1 aliphatic rings. The molecule has 122 valence electrons. The van der Waals surface area contributed by atoms with Gasteiger partial charge in [0.15, 0.2) is 0 Å². The summed E-state index contributed by atoms with van der Waals surface area (Å²) in [6, 6.07) is 5.82. The summed E-state index contributed by atoms with van der Waals surface area (Å²) < 4.78 is 13.8. The Morgan fingerprint density at radius 3 is 2.35 bits per heavy atom. The number of hydrogen-bond acceptors (Lipinski definition) is 3. The van der Waals surface area contributed by atoms with E-state index < -0.39 is 17.1 Å². The minimum atomic E-state index is -1.09. The molecule has 7 heteroatoms. The molecule has 1 fully saturated rings. The lowest BCUT2D eigenvalue weighted by Gasteiger charge is -2.37. The number of halogens is 2. The molecular weight excluding hydrogens is 321 g/mol. The fourth-order valence-electron chi connectivity index (χ4n) is 2.39. The third kappa shape index (κ3) is 3.62. The van der Waals surface area contributed by atoms with Crippen molar-refractivity contribution in [1.82, 2.24) is 9.80 Å². The van der Waals surface area contributed by atoms with E-state index in [1.165, 1.54) is 17.0 Å². The highest BCUT2D eigenvalue weighted by molar-refractivity contribution is 6.31. The Bertz CT molecular complexity index is 676. The number of benzene rings is 1. The van der Waals surface area contributed by atoms with E-state index in [0.717, 1.165) is 6.07 Å². The van der Waals surface area contributed by atoms with Gasteiger partial charge in [-0.3, -0.25) is 9.59 Å². The molecule has 0 radical (unpaired) electrons. The molecule has 1 heterocycles. The van der Waals surface area contributed by atoms with Gasteiger partial charge < -0.3 is 9.80 Å².